The van der Waals surface area contributed by atoms with Crippen LogP contribution in [0.5, 0.6) is 5.75 Å². The number of anilines is 1. The molecule has 2 aromatic rings. The third kappa shape index (κ3) is 4.46. The standard InChI is InChI=1S/C18H22N2OS/c1-13(2)16-6-4-5-7-17(16)20-18(22)19-12-14-8-10-15(21-3)11-9-14/h4-11,13H,12H2,1-3H3,(H2,19,20,22). The lowest BCUT2D eigenvalue weighted by Crippen LogP contribution is -2.28. The van der Waals surface area contributed by atoms with Crippen molar-refractivity contribution in [2.45, 2.75) is 26.3 Å². The van der Waals surface area contributed by atoms with Gasteiger partial charge in [-0.05, 0) is 47.5 Å². The first kappa shape index (κ1) is 16.3. The topological polar surface area (TPSA) is 33.3 Å². The van der Waals surface area contributed by atoms with E-state index in [9.17, 15) is 0 Å². The van der Waals surface area contributed by atoms with Crippen molar-refractivity contribution in [1.82, 2.24) is 5.32 Å². The number of ether oxygens (including phenoxy) is 1. The third-order valence-corrected chi connectivity index (χ3v) is 3.69. The summed E-state index contributed by atoms with van der Waals surface area (Å²) >= 11 is 5.38. The molecule has 0 heterocycles. The van der Waals surface area contributed by atoms with Gasteiger partial charge in [0.2, 0.25) is 0 Å². The summed E-state index contributed by atoms with van der Waals surface area (Å²) in [5.74, 6) is 1.31. The fourth-order valence-electron chi connectivity index (χ4n) is 2.21. The number of hydrogen-bond acceptors (Lipinski definition) is 2. The van der Waals surface area contributed by atoms with Crippen molar-refractivity contribution in [3.8, 4) is 5.75 Å². The van der Waals surface area contributed by atoms with Gasteiger partial charge in [0.05, 0.1) is 7.11 Å². The minimum atomic E-state index is 0.452. The van der Waals surface area contributed by atoms with Crippen LogP contribution in [0.3, 0.4) is 0 Å². The summed E-state index contributed by atoms with van der Waals surface area (Å²) < 4.78 is 5.15. The Hall–Kier alpha value is -2.07. The fourth-order valence-corrected chi connectivity index (χ4v) is 2.39. The summed E-state index contributed by atoms with van der Waals surface area (Å²) in [6.45, 7) is 5.03. The third-order valence-electron chi connectivity index (χ3n) is 3.44. The van der Waals surface area contributed by atoms with E-state index in [0.29, 0.717) is 17.6 Å². The van der Waals surface area contributed by atoms with Gasteiger partial charge in [0, 0.05) is 12.2 Å². The van der Waals surface area contributed by atoms with Crippen LogP contribution >= 0.6 is 12.2 Å². The van der Waals surface area contributed by atoms with E-state index in [1.807, 2.05) is 36.4 Å². The van der Waals surface area contributed by atoms with Gasteiger partial charge in [-0.2, -0.15) is 0 Å². The van der Waals surface area contributed by atoms with Gasteiger partial charge in [-0.3, -0.25) is 0 Å². The molecule has 0 spiro atoms. The van der Waals surface area contributed by atoms with E-state index in [2.05, 4.69) is 36.6 Å². The maximum absolute atomic E-state index is 5.38. The zero-order valence-corrected chi connectivity index (χ0v) is 14.0. The lowest BCUT2D eigenvalue weighted by Gasteiger charge is -2.16. The molecule has 2 N–H and O–H groups in total. The predicted octanol–water partition coefficient (Wildman–Crippen LogP) is 4.31. The van der Waals surface area contributed by atoms with Crippen molar-refractivity contribution in [3.63, 3.8) is 0 Å². The average molecular weight is 314 g/mol. The Balaban J connectivity index is 1.93. The Labute approximate surface area is 137 Å². The highest BCUT2D eigenvalue weighted by Crippen LogP contribution is 2.23. The highest BCUT2D eigenvalue weighted by atomic mass is 32.1. The molecule has 0 unspecified atom stereocenters. The number of thiocarbonyl (C=S) groups is 1. The van der Waals surface area contributed by atoms with E-state index in [1.165, 1.54) is 5.56 Å². The minimum absolute atomic E-state index is 0.452. The van der Waals surface area contributed by atoms with Crippen molar-refractivity contribution in [2.75, 3.05) is 12.4 Å². The Morgan fingerprint density at radius 2 is 1.77 bits per heavy atom. The van der Waals surface area contributed by atoms with Gasteiger partial charge in [0.25, 0.3) is 0 Å². The quantitative estimate of drug-likeness (QED) is 0.806. The summed E-state index contributed by atoms with van der Waals surface area (Å²) in [6, 6.07) is 16.2. The first-order valence-corrected chi connectivity index (χ1v) is 7.77. The first-order valence-electron chi connectivity index (χ1n) is 7.37. The maximum atomic E-state index is 5.38. The largest absolute Gasteiger partial charge is 0.497 e. The molecule has 3 nitrogen and oxygen atoms in total. The summed E-state index contributed by atoms with van der Waals surface area (Å²) in [7, 11) is 1.67. The van der Waals surface area contributed by atoms with Crippen LogP contribution in [0.1, 0.15) is 30.9 Å². The van der Waals surface area contributed by atoms with Gasteiger partial charge in [0.1, 0.15) is 5.75 Å². The minimum Gasteiger partial charge on any atom is -0.497 e. The van der Waals surface area contributed by atoms with Crippen molar-refractivity contribution >= 4 is 23.0 Å². The number of para-hydroxylation sites is 1. The van der Waals surface area contributed by atoms with E-state index in [-0.39, 0.29) is 0 Å². The van der Waals surface area contributed by atoms with Crippen molar-refractivity contribution in [2.24, 2.45) is 0 Å². The molecule has 2 rings (SSSR count). The number of nitrogens with one attached hydrogen (secondary N) is 2. The van der Waals surface area contributed by atoms with Gasteiger partial charge in [-0.15, -0.1) is 0 Å². The smallest absolute Gasteiger partial charge is 0.171 e. The molecule has 0 amide bonds. The van der Waals surface area contributed by atoms with E-state index in [1.54, 1.807) is 7.11 Å². The highest BCUT2D eigenvalue weighted by molar-refractivity contribution is 7.80. The molecule has 0 bridgehead atoms. The SMILES string of the molecule is COc1ccc(CNC(=S)Nc2ccccc2C(C)C)cc1. The molecule has 0 aliphatic heterocycles. The van der Waals surface area contributed by atoms with Crippen molar-refractivity contribution in [3.05, 3.63) is 59.7 Å². The van der Waals surface area contributed by atoms with Crippen molar-refractivity contribution in [1.29, 1.82) is 0 Å². The van der Waals surface area contributed by atoms with Gasteiger partial charge in [-0.1, -0.05) is 44.2 Å². The fraction of sp³-hybridized carbons (Fsp3) is 0.278. The monoisotopic (exact) mass is 314 g/mol. The number of benzene rings is 2. The molecule has 0 saturated heterocycles. The molecule has 116 valence electrons. The van der Waals surface area contributed by atoms with Crippen LogP contribution in [-0.4, -0.2) is 12.2 Å². The van der Waals surface area contributed by atoms with Gasteiger partial charge < -0.3 is 15.4 Å². The second-order valence-electron chi connectivity index (χ2n) is 5.40. The van der Waals surface area contributed by atoms with E-state index >= 15 is 0 Å². The normalized spacial score (nSPS) is 10.4. The number of rotatable bonds is 5. The molecule has 2 aromatic carbocycles. The van der Waals surface area contributed by atoms with Crippen LogP contribution in [0.25, 0.3) is 0 Å². The lowest BCUT2D eigenvalue weighted by atomic mass is 10.0. The van der Waals surface area contributed by atoms with Crippen LogP contribution in [0.15, 0.2) is 48.5 Å². The Morgan fingerprint density at radius 1 is 1.09 bits per heavy atom. The Morgan fingerprint density at radius 3 is 2.41 bits per heavy atom. The molecule has 4 heteroatoms. The maximum Gasteiger partial charge on any atom is 0.171 e. The van der Waals surface area contributed by atoms with Gasteiger partial charge >= 0.3 is 0 Å². The zero-order chi connectivity index (χ0) is 15.9. The number of methoxy groups -OCH3 is 1. The van der Waals surface area contributed by atoms with Crippen LogP contribution in [0.2, 0.25) is 0 Å². The van der Waals surface area contributed by atoms with Crippen LogP contribution < -0.4 is 15.4 Å². The second kappa shape index (κ2) is 7.80. The average Bonchev–Trinajstić information content (AvgIpc) is 2.53. The number of hydrogen-bond donors (Lipinski definition) is 2. The molecule has 22 heavy (non-hydrogen) atoms. The van der Waals surface area contributed by atoms with E-state index < -0.39 is 0 Å². The summed E-state index contributed by atoms with van der Waals surface area (Å²) in [6.07, 6.45) is 0. The Bertz CT molecular complexity index is 623. The molecule has 0 aliphatic rings. The van der Waals surface area contributed by atoms with E-state index in [4.69, 9.17) is 17.0 Å². The van der Waals surface area contributed by atoms with Crippen molar-refractivity contribution < 1.29 is 4.74 Å². The summed E-state index contributed by atoms with van der Waals surface area (Å²) in [5, 5.41) is 7.14. The highest BCUT2D eigenvalue weighted by Gasteiger charge is 2.06. The molecule has 0 aromatic heterocycles. The summed E-state index contributed by atoms with van der Waals surface area (Å²) in [4.78, 5) is 0. The molecule has 0 aliphatic carbocycles. The van der Waals surface area contributed by atoms with Crippen LogP contribution in [0, 0.1) is 0 Å². The van der Waals surface area contributed by atoms with Gasteiger partial charge in [0.15, 0.2) is 5.11 Å². The lowest BCUT2D eigenvalue weighted by molar-refractivity contribution is 0.414. The van der Waals surface area contributed by atoms with Crippen LogP contribution in [-0.2, 0) is 6.54 Å². The van der Waals surface area contributed by atoms with Gasteiger partial charge in [-0.25, -0.2) is 0 Å². The first-order chi connectivity index (χ1) is 10.6. The molecule has 0 atom stereocenters. The molecule has 0 fully saturated rings. The van der Waals surface area contributed by atoms with Crippen LogP contribution in [0.4, 0.5) is 5.69 Å². The Kier molecular flexibility index (Phi) is 5.78. The molecular formula is C18H22N2OS. The predicted molar refractivity (Wildman–Crippen MR) is 96.6 cm³/mol. The molecular weight excluding hydrogens is 292 g/mol. The molecule has 0 saturated carbocycles. The molecule has 0 radical (unpaired) electrons. The van der Waals surface area contributed by atoms with E-state index in [0.717, 1.165) is 17.0 Å². The second-order valence-corrected chi connectivity index (χ2v) is 5.81. The zero-order valence-electron chi connectivity index (χ0n) is 13.2. The summed E-state index contributed by atoms with van der Waals surface area (Å²) in [5.41, 5.74) is 3.47.